The summed E-state index contributed by atoms with van der Waals surface area (Å²) in [5.74, 6) is 2.11. The van der Waals surface area contributed by atoms with Gasteiger partial charge in [-0.25, -0.2) is 4.98 Å². The summed E-state index contributed by atoms with van der Waals surface area (Å²) in [5.41, 5.74) is 0. The number of anilines is 1. The van der Waals surface area contributed by atoms with Gasteiger partial charge in [0, 0.05) is 12.6 Å². The van der Waals surface area contributed by atoms with E-state index in [-0.39, 0.29) is 0 Å². The van der Waals surface area contributed by atoms with Crippen LogP contribution in [-0.2, 0) is 6.61 Å². The van der Waals surface area contributed by atoms with Crippen LogP contribution in [0.2, 0.25) is 0 Å². The molecule has 0 aliphatic heterocycles. The van der Waals surface area contributed by atoms with Crippen LogP contribution in [0.1, 0.15) is 19.1 Å². The molecule has 102 valence electrons. The van der Waals surface area contributed by atoms with Crippen molar-refractivity contribution in [3.05, 3.63) is 30.2 Å². The highest BCUT2D eigenvalue weighted by Gasteiger charge is 2.06. The van der Waals surface area contributed by atoms with E-state index in [1.807, 2.05) is 18.4 Å². The molecular weight excluding hydrogens is 262 g/mol. The Kier molecular flexibility index (Phi) is 5.09. The number of thioether (sulfide) groups is 1. The second-order valence-electron chi connectivity index (χ2n) is 3.87. The number of rotatable bonds is 7. The molecule has 0 bridgehead atoms. The molecule has 0 spiro atoms. The molecule has 0 aliphatic rings. The van der Waals surface area contributed by atoms with Crippen LogP contribution in [0.15, 0.2) is 34.0 Å². The molecule has 5 nitrogen and oxygen atoms in total. The zero-order chi connectivity index (χ0) is 13.5. The zero-order valence-corrected chi connectivity index (χ0v) is 11.9. The highest BCUT2D eigenvalue weighted by Crippen LogP contribution is 2.19. The van der Waals surface area contributed by atoms with E-state index in [9.17, 15) is 0 Å². The molecule has 2 aromatic heterocycles. The molecule has 6 heteroatoms. The molecule has 0 aliphatic carbocycles. The predicted octanol–water partition coefficient (Wildman–Crippen LogP) is 3.19. The Morgan fingerprint density at radius 2 is 2.32 bits per heavy atom. The summed E-state index contributed by atoms with van der Waals surface area (Å²) in [6.45, 7) is 3.35. The highest BCUT2D eigenvalue weighted by atomic mass is 32.2. The van der Waals surface area contributed by atoms with E-state index >= 15 is 0 Å². The van der Waals surface area contributed by atoms with Gasteiger partial charge in [0.25, 0.3) is 0 Å². The van der Waals surface area contributed by atoms with Gasteiger partial charge >= 0.3 is 0 Å². The first-order chi connectivity index (χ1) is 9.31. The zero-order valence-electron chi connectivity index (χ0n) is 11.0. The standard InChI is InChI=1S/C13H17N3O2S/c1-3-6-14-11-8-12(16-13(15-11)19-2)18-9-10-5-4-7-17-10/h4-5,7-8H,3,6,9H2,1-2H3,(H,14,15,16). The third-order valence-electron chi connectivity index (χ3n) is 2.36. The van der Waals surface area contributed by atoms with Crippen LogP contribution in [-0.4, -0.2) is 22.8 Å². The number of hydrogen-bond acceptors (Lipinski definition) is 6. The van der Waals surface area contributed by atoms with Crippen LogP contribution in [0.25, 0.3) is 0 Å². The summed E-state index contributed by atoms with van der Waals surface area (Å²) in [7, 11) is 0. The molecule has 0 amide bonds. The third kappa shape index (κ3) is 4.17. The van der Waals surface area contributed by atoms with Crippen molar-refractivity contribution in [2.45, 2.75) is 25.1 Å². The maximum atomic E-state index is 5.62. The second kappa shape index (κ2) is 7.04. The Morgan fingerprint density at radius 3 is 3.00 bits per heavy atom. The van der Waals surface area contributed by atoms with Gasteiger partial charge in [-0.3, -0.25) is 0 Å². The van der Waals surface area contributed by atoms with Crippen LogP contribution >= 0.6 is 11.8 Å². The summed E-state index contributed by atoms with van der Waals surface area (Å²) in [6, 6.07) is 5.51. The molecule has 0 fully saturated rings. The minimum absolute atomic E-state index is 0.366. The average Bonchev–Trinajstić information content (AvgIpc) is 2.96. The van der Waals surface area contributed by atoms with Gasteiger partial charge in [0.15, 0.2) is 5.16 Å². The maximum absolute atomic E-state index is 5.62. The number of ether oxygens (including phenoxy) is 1. The van der Waals surface area contributed by atoms with Crippen molar-refractivity contribution in [2.24, 2.45) is 0 Å². The van der Waals surface area contributed by atoms with Crippen molar-refractivity contribution in [2.75, 3.05) is 18.1 Å². The van der Waals surface area contributed by atoms with Crippen LogP contribution in [0.4, 0.5) is 5.82 Å². The molecule has 2 rings (SSSR count). The Balaban J connectivity index is 2.05. The molecule has 0 unspecified atom stereocenters. The summed E-state index contributed by atoms with van der Waals surface area (Å²) in [5, 5.41) is 3.93. The molecule has 2 heterocycles. The molecule has 0 aromatic carbocycles. The molecule has 2 aromatic rings. The largest absolute Gasteiger partial charge is 0.469 e. The first kappa shape index (κ1) is 13.7. The predicted molar refractivity (Wildman–Crippen MR) is 75.6 cm³/mol. The summed E-state index contributed by atoms with van der Waals surface area (Å²) in [6.07, 6.45) is 4.61. The Morgan fingerprint density at radius 1 is 1.42 bits per heavy atom. The van der Waals surface area contributed by atoms with E-state index in [0.29, 0.717) is 17.6 Å². The van der Waals surface area contributed by atoms with Crippen molar-refractivity contribution >= 4 is 17.6 Å². The van der Waals surface area contributed by atoms with Crippen molar-refractivity contribution in [1.29, 1.82) is 0 Å². The fourth-order valence-electron chi connectivity index (χ4n) is 1.45. The lowest BCUT2D eigenvalue weighted by Gasteiger charge is -2.08. The molecular formula is C13H17N3O2S. The third-order valence-corrected chi connectivity index (χ3v) is 2.91. The lowest BCUT2D eigenvalue weighted by atomic mass is 10.4. The lowest BCUT2D eigenvalue weighted by Crippen LogP contribution is -2.05. The Hall–Kier alpha value is -1.69. The van der Waals surface area contributed by atoms with Crippen LogP contribution in [0.5, 0.6) is 5.88 Å². The van der Waals surface area contributed by atoms with Gasteiger partial charge in [0.1, 0.15) is 18.2 Å². The van der Waals surface area contributed by atoms with E-state index in [0.717, 1.165) is 24.5 Å². The summed E-state index contributed by atoms with van der Waals surface area (Å²) in [4.78, 5) is 8.68. The van der Waals surface area contributed by atoms with Crippen molar-refractivity contribution in [3.63, 3.8) is 0 Å². The fourth-order valence-corrected chi connectivity index (χ4v) is 1.82. The number of nitrogens with zero attached hydrogens (tertiary/aromatic N) is 2. The summed E-state index contributed by atoms with van der Waals surface area (Å²) < 4.78 is 10.8. The topological polar surface area (TPSA) is 60.2 Å². The molecule has 0 saturated carbocycles. The van der Waals surface area contributed by atoms with Gasteiger partial charge in [-0.15, -0.1) is 0 Å². The van der Waals surface area contributed by atoms with Crippen molar-refractivity contribution < 1.29 is 9.15 Å². The van der Waals surface area contributed by atoms with E-state index in [4.69, 9.17) is 9.15 Å². The van der Waals surface area contributed by atoms with E-state index in [1.54, 1.807) is 12.3 Å². The van der Waals surface area contributed by atoms with Gasteiger partial charge < -0.3 is 14.5 Å². The first-order valence-corrected chi connectivity index (χ1v) is 7.36. The van der Waals surface area contributed by atoms with Gasteiger partial charge in [-0.2, -0.15) is 4.98 Å². The van der Waals surface area contributed by atoms with E-state index in [1.165, 1.54) is 11.8 Å². The molecule has 0 atom stereocenters. The van der Waals surface area contributed by atoms with E-state index in [2.05, 4.69) is 22.2 Å². The number of aromatic nitrogens is 2. The minimum Gasteiger partial charge on any atom is -0.469 e. The van der Waals surface area contributed by atoms with Gasteiger partial charge in [-0.1, -0.05) is 18.7 Å². The second-order valence-corrected chi connectivity index (χ2v) is 4.65. The Bertz CT molecular complexity index is 503. The van der Waals surface area contributed by atoms with Crippen LogP contribution in [0.3, 0.4) is 0 Å². The van der Waals surface area contributed by atoms with Crippen molar-refractivity contribution in [3.8, 4) is 5.88 Å². The van der Waals surface area contributed by atoms with E-state index < -0.39 is 0 Å². The average molecular weight is 279 g/mol. The first-order valence-electron chi connectivity index (χ1n) is 6.14. The minimum atomic E-state index is 0.366. The normalized spacial score (nSPS) is 10.4. The monoisotopic (exact) mass is 279 g/mol. The number of hydrogen-bond donors (Lipinski definition) is 1. The highest BCUT2D eigenvalue weighted by molar-refractivity contribution is 7.98. The van der Waals surface area contributed by atoms with Gasteiger partial charge in [0.05, 0.1) is 6.26 Å². The number of nitrogens with one attached hydrogen (secondary N) is 1. The van der Waals surface area contributed by atoms with Crippen LogP contribution < -0.4 is 10.1 Å². The maximum Gasteiger partial charge on any atom is 0.219 e. The SMILES string of the molecule is CCCNc1cc(OCc2ccco2)nc(SC)n1. The molecule has 0 radical (unpaired) electrons. The van der Waals surface area contributed by atoms with Crippen molar-refractivity contribution in [1.82, 2.24) is 9.97 Å². The van der Waals surface area contributed by atoms with Gasteiger partial charge in [0.2, 0.25) is 5.88 Å². The lowest BCUT2D eigenvalue weighted by molar-refractivity contribution is 0.258. The molecule has 1 N–H and O–H groups in total. The molecule has 0 saturated heterocycles. The molecule has 19 heavy (non-hydrogen) atoms. The van der Waals surface area contributed by atoms with Crippen LogP contribution in [0, 0.1) is 0 Å². The summed E-state index contributed by atoms with van der Waals surface area (Å²) >= 11 is 1.49. The fraction of sp³-hybridized carbons (Fsp3) is 0.385. The van der Waals surface area contributed by atoms with Gasteiger partial charge in [-0.05, 0) is 24.8 Å². The Labute approximate surface area is 116 Å². The number of furan rings is 1. The smallest absolute Gasteiger partial charge is 0.219 e. The quantitative estimate of drug-likeness (QED) is 0.620.